The summed E-state index contributed by atoms with van der Waals surface area (Å²) in [6.45, 7) is 2.64. The van der Waals surface area contributed by atoms with Gasteiger partial charge in [-0.3, -0.25) is 0 Å². The van der Waals surface area contributed by atoms with Crippen molar-refractivity contribution in [2.24, 2.45) is 0 Å². The molecule has 0 saturated heterocycles. The van der Waals surface area contributed by atoms with Gasteiger partial charge in [0.1, 0.15) is 5.75 Å². The Morgan fingerprint density at radius 3 is 2.60 bits per heavy atom. The number of anilines is 1. The number of rotatable bonds is 4. The van der Waals surface area contributed by atoms with E-state index in [1.807, 2.05) is 31.2 Å². The molecule has 1 aliphatic carbocycles. The Bertz CT molecular complexity index is 428. The molecule has 1 aromatic carbocycles. The lowest BCUT2D eigenvalue weighted by Gasteiger charge is -2.20. The molecule has 0 aliphatic heterocycles. The molecular weight excluding hydrogens is 268 g/mol. The minimum absolute atomic E-state index is 0.511. The molecular formula is C16H24N2OS. The molecule has 1 aromatic rings. The monoisotopic (exact) mass is 292 g/mol. The van der Waals surface area contributed by atoms with E-state index in [1.165, 1.54) is 38.5 Å². The van der Waals surface area contributed by atoms with Gasteiger partial charge in [0.25, 0.3) is 0 Å². The zero-order valence-corrected chi connectivity index (χ0v) is 13.0. The van der Waals surface area contributed by atoms with Crippen LogP contribution in [0.4, 0.5) is 5.69 Å². The number of ether oxygens (including phenoxy) is 1. The molecule has 0 spiro atoms. The Morgan fingerprint density at radius 2 is 1.90 bits per heavy atom. The van der Waals surface area contributed by atoms with Gasteiger partial charge in [0, 0.05) is 6.04 Å². The molecule has 3 nitrogen and oxygen atoms in total. The lowest BCUT2D eigenvalue weighted by atomic mass is 10.1. The van der Waals surface area contributed by atoms with Crippen molar-refractivity contribution in [1.82, 2.24) is 5.32 Å². The number of hydrogen-bond acceptors (Lipinski definition) is 2. The van der Waals surface area contributed by atoms with Crippen molar-refractivity contribution in [3.8, 4) is 5.75 Å². The van der Waals surface area contributed by atoms with E-state index >= 15 is 0 Å². The third kappa shape index (κ3) is 4.67. The quantitative estimate of drug-likeness (QED) is 0.647. The molecule has 0 amide bonds. The summed E-state index contributed by atoms with van der Waals surface area (Å²) in [6, 6.07) is 8.42. The van der Waals surface area contributed by atoms with E-state index in [-0.39, 0.29) is 0 Å². The van der Waals surface area contributed by atoms with E-state index in [9.17, 15) is 0 Å². The van der Waals surface area contributed by atoms with Crippen LogP contribution in [0.1, 0.15) is 45.4 Å². The van der Waals surface area contributed by atoms with Crippen molar-refractivity contribution >= 4 is 23.0 Å². The van der Waals surface area contributed by atoms with E-state index in [1.54, 1.807) is 0 Å². The summed E-state index contributed by atoms with van der Waals surface area (Å²) < 4.78 is 5.60. The highest BCUT2D eigenvalue weighted by Gasteiger charge is 2.13. The molecule has 0 unspecified atom stereocenters. The van der Waals surface area contributed by atoms with Gasteiger partial charge >= 0.3 is 0 Å². The molecule has 0 heterocycles. The minimum atomic E-state index is 0.511. The van der Waals surface area contributed by atoms with Crippen molar-refractivity contribution in [3.63, 3.8) is 0 Å². The molecule has 20 heavy (non-hydrogen) atoms. The fraction of sp³-hybridized carbons (Fsp3) is 0.562. The van der Waals surface area contributed by atoms with Crippen molar-refractivity contribution in [3.05, 3.63) is 24.3 Å². The van der Waals surface area contributed by atoms with Gasteiger partial charge in [-0.25, -0.2) is 0 Å². The Hall–Kier alpha value is -1.29. The van der Waals surface area contributed by atoms with Crippen LogP contribution < -0.4 is 15.4 Å². The van der Waals surface area contributed by atoms with Crippen LogP contribution in [-0.2, 0) is 0 Å². The number of hydrogen-bond donors (Lipinski definition) is 2. The number of nitrogens with one attached hydrogen (secondary N) is 2. The van der Waals surface area contributed by atoms with Crippen LogP contribution in [0.5, 0.6) is 5.75 Å². The highest BCUT2D eigenvalue weighted by Crippen LogP contribution is 2.24. The van der Waals surface area contributed by atoms with Crippen LogP contribution in [0.3, 0.4) is 0 Å². The molecule has 2 rings (SSSR count). The zero-order valence-electron chi connectivity index (χ0n) is 12.2. The molecule has 4 heteroatoms. The predicted molar refractivity (Wildman–Crippen MR) is 88.5 cm³/mol. The first-order valence-corrected chi connectivity index (χ1v) is 7.99. The standard InChI is InChI=1S/C16H24N2OS/c1-2-19-15-12-8-7-11-14(15)18-16(20)17-13-9-5-3-4-6-10-13/h7-8,11-13H,2-6,9-10H2,1H3,(H2,17,18,20). The molecule has 1 aliphatic rings. The van der Waals surface area contributed by atoms with Gasteiger partial charge in [-0.2, -0.15) is 0 Å². The van der Waals surface area contributed by atoms with Gasteiger partial charge in [-0.05, 0) is 44.1 Å². The predicted octanol–water partition coefficient (Wildman–Crippen LogP) is 4.09. The van der Waals surface area contributed by atoms with E-state index in [4.69, 9.17) is 17.0 Å². The molecule has 0 atom stereocenters. The summed E-state index contributed by atoms with van der Waals surface area (Å²) in [5.74, 6) is 0.847. The lowest BCUT2D eigenvalue weighted by Crippen LogP contribution is -2.37. The molecule has 0 aromatic heterocycles. The Labute approximate surface area is 127 Å². The van der Waals surface area contributed by atoms with E-state index in [0.717, 1.165) is 11.4 Å². The van der Waals surface area contributed by atoms with Crippen LogP contribution >= 0.6 is 12.2 Å². The highest BCUT2D eigenvalue weighted by atomic mass is 32.1. The fourth-order valence-electron chi connectivity index (χ4n) is 2.62. The summed E-state index contributed by atoms with van der Waals surface area (Å²) in [4.78, 5) is 0. The summed E-state index contributed by atoms with van der Waals surface area (Å²) in [5.41, 5.74) is 0.931. The summed E-state index contributed by atoms with van der Waals surface area (Å²) in [5, 5.41) is 7.40. The molecule has 0 bridgehead atoms. The highest BCUT2D eigenvalue weighted by molar-refractivity contribution is 7.80. The second-order valence-electron chi connectivity index (χ2n) is 5.22. The first kappa shape index (κ1) is 15.1. The normalized spacial score (nSPS) is 16.2. The summed E-state index contributed by atoms with van der Waals surface area (Å²) >= 11 is 5.43. The Kier molecular flexibility index (Phi) is 6.12. The Morgan fingerprint density at radius 1 is 1.20 bits per heavy atom. The SMILES string of the molecule is CCOc1ccccc1NC(=S)NC1CCCCCC1. The average molecular weight is 292 g/mol. The number of thiocarbonyl (C=S) groups is 1. The van der Waals surface area contributed by atoms with Gasteiger partial charge < -0.3 is 15.4 Å². The van der Waals surface area contributed by atoms with E-state index in [0.29, 0.717) is 17.8 Å². The van der Waals surface area contributed by atoms with Crippen molar-refractivity contribution in [2.45, 2.75) is 51.5 Å². The van der Waals surface area contributed by atoms with Gasteiger partial charge in [-0.15, -0.1) is 0 Å². The fourth-order valence-corrected chi connectivity index (χ4v) is 2.90. The molecule has 2 N–H and O–H groups in total. The largest absolute Gasteiger partial charge is 0.492 e. The van der Waals surface area contributed by atoms with Crippen molar-refractivity contribution in [1.29, 1.82) is 0 Å². The second-order valence-corrected chi connectivity index (χ2v) is 5.62. The van der Waals surface area contributed by atoms with Crippen LogP contribution in [-0.4, -0.2) is 17.8 Å². The van der Waals surface area contributed by atoms with Gasteiger partial charge in [0.05, 0.1) is 12.3 Å². The number of para-hydroxylation sites is 2. The molecule has 1 saturated carbocycles. The van der Waals surface area contributed by atoms with E-state index in [2.05, 4.69) is 10.6 Å². The smallest absolute Gasteiger partial charge is 0.171 e. The number of benzene rings is 1. The van der Waals surface area contributed by atoms with Crippen molar-refractivity contribution in [2.75, 3.05) is 11.9 Å². The first-order valence-electron chi connectivity index (χ1n) is 7.59. The minimum Gasteiger partial charge on any atom is -0.492 e. The summed E-state index contributed by atoms with van der Waals surface area (Å²) in [6.07, 6.45) is 7.74. The summed E-state index contributed by atoms with van der Waals surface area (Å²) in [7, 11) is 0. The zero-order chi connectivity index (χ0) is 14.2. The Balaban J connectivity index is 1.90. The average Bonchev–Trinajstić information content (AvgIpc) is 2.70. The maximum Gasteiger partial charge on any atom is 0.171 e. The van der Waals surface area contributed by atoms with Crippen LogP contribution in [0.25, 0.3) is 0 Å². The molecule has 110 valence electrons. The van der Waals surface area contributed by atoms with Crippen LogP contribution in [0.15, 0.2) is 24.3 Å². The topological polar surface area (TPSA) is 33.3 Å². The maximum absolute atomic E-state index is 5.60. The van der Waals surface area contributed by atoms with Crippen molar-refractivity contribution < 1.29 is 4.74 Å². The van der Waals surface area contributed by atoms with Gasteiger partial charge in [0.2, 0.25) is 0 Å². The van der Waals surface area contributed by atoms with Gasteiger partial charge in [-0.1, -0.05) is 37.8 Å². The van der Waals surface area contributed by atoms with Gasteiger partial charge in [0.15, 0.2) is 5.11 Å². The third-order valence-corrected chi connectivity index (χ3v) is 3.85. The van der Waals surface area contributed by atoms with Crippen LogP contribution in [0.2, 0.25) is 0 Å². The lowest BCUT2D eigenvalue weighted by molar-refractivity contribution is 0.342. The second kappa shape index (κ2) is 8.10. The van der Waals surface area contributed by atoms with E-state index < -0.39 is 0 Å². The molecule has 1 fully saturated rings. The molecule has 0 radical (unpaired) electrons. The first-order chi connectivity index (χ1) is 9.79. The maximum atomic E-state index is 5.60. The third-order valence-electron chi connectivity index (χ3n) is 3.63. The van der Waals surface area contributed by atoms with Crippen LogP contribution in [0, 0.1) is 0 Å².